The zero-order chi connectivity index (χ0) is 18.5. The molecule has 1 fully saturated rings. The summed E-state index contributed by atoms with van der Waals surface area (Å²) in [4.78, 5) is 54.9. The predicted molar refractivity (Wildman–Crippen MR) is 87.4 cm³/mol. The van der Waals surface area contributed by atoms with Crippen LogP contribution < -0.4 is 0 Å². The summed E-state index contributed by atoms with van der Waals surface area (Å²) in [6, 6.07) is 5.08. The first-order valence-electron chi connectivity index (χ1n) is 7.56. The molecule has 0 N–H and O–H groups in total. The van der Waals surface area contributed by atoms with Gasteiger partial charge in [-0.1, -0.05) is 29.3 Å². The van der Waals surface area contributed by atoms with E-state index < -0.39 is 35.2 Å². The molecule has 0 saturated carbocycles. The molecule has 0 aliphatic carbocycles. The normalized spacial score (nSPS) is 21.8. The minimum Gasteiger partial charge on any atom is -0.331 e. The van der Waals surface area contributed by atoms with Crippen LogP contribution in [-0.4, -0.2) is 45.2 Å². The fourth-order valence-corrected chi connectivity index (χ4v) is 2.92. The van der Waals surface area contributed by atoms with Gasteiger partial charge in [-0.2, -0.15) is 0 Å². The van der Waals surface area contributed by atoms with Gasteiger partial charge in [0.25, 0.3) is 17.7 Å². The highest BCUT2D eigenvalue weighted by atomic mass is 35.5. The summed E-state index contributed by atoms with van der Waals surface area (Å²) in [5.74, 6) is -2.60. The number of halogens is 1. The number of hydrogen-bond acceptors (Lipinski definition) is 5. The molecule has 0 spiro atoms. The van der Waals surface area contributed by atoms with Gasteiger partial charge in [0.1, 0.15) is 0 Å². The molecule has 1 aromatic carbocycles. The molecule has 25 heavy (non-hydrogen) atoms. The van der Waals surface area contributed by atoms with E-state index in [1.54, 1.807) is 32.9 Å². The molecule has 2 unspecified atom stereocenters. The molecule has 1 aromatic rings. The van der Waals surface area contributed by atoms with Crippen LogP contribution in [0.2, 0.25) is 0 Å². The van der Waals surface area contributed by atoms with E-state index in [1.807, 2.05) is 0 Å². The van der Waals surface area contributed by atoms with Crippen LogP contribution in [0.1, 0.15) is 41.5 Å². The molecule has 7 nitrogen and oxygen atoms in total. The van der Waals surface area contributed by atoms with Gasteiger partial charge in [-0.3, -0.25) is 19.3 Å². The molecule has 3 amide bonds. The summed E-state index contributed by atoms with van der Waals surface area (Å²) in [6.45, 7) is 5.02. The largest absolute Gasteiger partial charge is 0.358 e. The van der Waals surface area contributed by atoms with Gasteiger partial charge in [-0.15, -0.1) is 5.06 Å². The van der Waals surface area contributed by atoms with Crippen LogP contribution in [-0.2, 0) is 14.4 Å². The van der Waals surface area contributed by atoms with E-state index >= 15 is 0 Å². The average molecular weight is 363 g/mol. The molecular formula is C17H15ClN2O5. The molecule has 0 aromatic heterocycles. The number of nitrogens with zero attached hydrogens (tertiary/aromatic N) is 2. The highest BCUT2D eigenvalue weighted by Gasteiger charge is 2.58. The van der Waals surface area contributed by atoms with Crippen molar-refractivity contribution in [2.24, 2.45) is 0 Å². The van der Waals surface area contributed by atoms with E-state index in [-0.39, 0.29) is 11.1 Å². The molecular weight excluding hydrogens is 348 g/mol. The van der Waals surface area contributed by atoms with Crippen molar-refractivity contribution in [1.82, 2.24) is 9.96 Å². The maximum Gasteiger partial charge on any atom is 0.358 e. The van der Waals surface area contributed by atoms with E-state index in [4.69, 9.17) is 16.4 Å². The Balaban J connectivity index is 1.78. The van der Waals surface area contributed by atoms with Crippen molar-refractivity contribution in [2.75, 3.05) is 0 Å². The van der Waals surface area contributed by atoms with Gasteiger partial charge >= 0.3 is 5.97 Å². The van der Waals surface area contributed by atoms with Crippen LogP contribution in [0.5, 0.6) is 0 Å². The molecule has 2 atom stereocenters. The summed E-state index contributed by atoms with van der Waals surface area (Å²) in [5.41, 5.74) is 0.394. The first-order chi connectivity index (χ1) is 11.8. The zero-order valence-electron chi connectivity index (χ0n) is 13.8. The molecule has 130 valence electrons. The third-order valence-electron chi connectivity index (χ3n) is 4.30. The number of hydrogen-bond donors (Lipinski definition) is 0. The fraction of sp³-hybridized carbons (Fsp3) is 0.294. The second-order valence-electron chi connectivity index (χ2n) is 6.01. The summed E-state index contributed by atoms with van der Waals surface area (Å²) >= 11 is 6.12. The SMILES string of the molecule is CC(C)=C(C)C(=O)ON1C(=O)C(N2C(=O)c3ccccc3C2=O)C1Cl. The zero-order valence-corrected chi connectivity index (χ0v) is 14.5. The van der Waals surface area contributed by atoms with Gasteiger partial charge in [0.2, 0.25) is 0 Å². The molecule has 2 heterocycles. The predicted octanol–water partition coefficient (Wildman–Crippen LogP) is 1.87. The van der Waals surface area contributed by atoms with Crippen LogP contribution in [0.25, 0.3) is 0 Å². The van der Waals surface area contributed by atoms with Gasteiger partial charge in [0, 0.05) is 5.57 Å². The Bertz CT molecular complexity index is 808. The highest BCUT2D eigenvalue weighted by Crippen LogP contribution is 2.34. The third kappa shape index (κ3) is 2.51. The van der Waals surface area contributed by atoms with Crippen molar-refractivity contribution in [2.45, 2.75) is 32.3 Å². The lowest BCUT2D eigenvalue weighted by Gasteiger charge is -2.43. The number of hydroxylamine groups is 2. The molecule has 0 bridgehead atoms. The van der Waals surface area contributed by atoms with Crippen LogP contribution >= 0.6 is 11.6 Å². The number of benzene rings is 1. The average Bonchev–Trinajstić information content (AvgIpc) is 2.84. The van der Waals surface area contributed by atoms with Crippen LogP contribution in [0, 0.1) is 0 Å². The molecule has 8 heteroatoms. The third-order valence-corrected chi connectivity index (χ3v) is 4.71. The first kappa shape index (κ1) is 17.2. The Kier molecular flexibility index (Phi) is 4.12. The Morgan fingerprint density at radius 3 is 2.00 bits per heavy atom. The van der Waals surface area contributed by atoms with Crippen LogP contribution in [0.3, 0.4) is 0 Å². The Labute approximate surface area is 148 Å². The van der Waals surface area contributed by atoms with Gasteiger partial charge in [0.15, 0.2) is 11.5 Å². The lowest BCUT2D eigenvalue weighted by atomic mass is 10.1. The number of alkyl halides is 1. The lowest BCUT2D eigenvalue weighted by molar-refractivity contribution is -0.223. The van der Waals surface area contributed by atoms with Crippen molar-refractivity contribution < 1.29 is 24.0 Å². The number of fused-ring (bicyclic) bond motifs is 1. The first-order valence-corrected chi connectivity index (χ1v) is 7.99. The summed E-state index contributed by atoms with van der Waals surface area (Å²) < 4.78 is 0. The number of carbonyl (C=O) groups excluding carboxylic acids is 4. The van der Waals surface area contributed by atoms with E-state index in [0.717, 1.165) is 10.5 Å². The van der Waals surface area contributed by atoms with E-state index in [2.05, 4.69) is 0 Å². The van der Waals surface area contributed by atoms with Gasteiger partial charge in [-0.25, -0.2) is 4.79 Å². The number of carbonyl (C=O) groups is 4. The topological polar surface area (TPSA) is 84.0 Å². The van der Waals surface area contributed by atoms with Crippen LogP contribution in [0.4, 0.5) is 0 Å². The Hall–Kier alpha value is -2.67. The number of imide groups is 1. The minimum absolute atomic E-state index is 0.222. The van der Waals surface area contributed by atoms with Crippen molar-refractivity contribution in [1.29, 1.82) is 0 Å². The number of allylic oxidation sites excluding steroid dienone is 1. The smallest absolute Gasteiger partial charge is 0.331 e. The summed E-state index contributed by atoms with van der Waals surface area (Å²) in [6.07, 6.45) is 0. The Morgan fingerprint density at radius 2 is 1.56 bits per heavy atom. The maximum absolute atomic E-state index is 12.4. The van der Waals surface area contributed by atoms with E-state index in [0.29, 0.717) is 10.6 Å². The quantitative estimate of drug-likeness (QED) is 0.269. The second-order valence-corrected chi connectivity index (χ2v) is 6.46. The number of rotatable bonds is 3. The molecule has 2 aliphatic heterocycles. The van der Waals surface area contributed by atoms with Gasteiger partial charge in [-0.05, 0) is 32.9 Å². The van der Waals surface area contributed by atoms with Crippen LogP contribution in [0.15, 0.2) is 35.4 Å². The molecule has 1 saturated heterocycles. The maximum atomic E-state index is 12.4. The standard InChI is InChI=1S/C17H15ClN2O5/c1-8(2)9(3)17(24)25-20-13(18)12(16(20)23)19-14(21)10-6-4-5-7-11(10)15(19)22/h4-7,12-13H,1-3H3. The second kappa shape index (κ2) is 6.00. The summed E-state index contributed by atoms with van der Waals surface area (Å²) in [7, 11) is 0. The molecule has 0 radical (unpaired) electrons. The van der Waals surface area contributed by atoms with E-state index in [9.17, 15) is 19.2 Å². The number of amides is 3. The monoisotopic (exact) mass is 362 g/mol. The van der Waals surface area contributed by atoms with Crippen molar-refractivity contribution >= 4 is 35.3 Å². The summed E-state index contributed by atoms with van der Waals surface area (Å²) in [5, 5.41) is 0.685. The lowest BCUT2D eigenvalue weighted by Crippen LogP contribution is -2.69. The number of β-lactam (4-membered cyclic amide) rings is 1. The van der Waals surface area contributed by atoms with Gasteiger partial charge < -0.3 is 4.84 Å². The van der Waals surface area contributed by atoms with Crippen molar-refractivity contribution in [3.63, 3.8) is 0 Å². The van der Waals surface area contributed by atoms with Crippen molar-refractivity contribution in [3.8, 4) is 0 Å². The Morgan fingerprint density at radius 1 is 1.04 bits per heavy atom. The highest BCUT2D eigenvalue weighted by molar-refractivity contribution is 6.29. The van der Waals surface area contributed by atoms with Crippen molar-refractivity contribution in [3.05, 3.63) is 46.5 Å². The van der Waals surface area contributed by atoms with E-state index in [1.165, 1.54) is 12.1 Å². The van der Waals surface area contributed by atoms with Gasteiger partial charge in [0.05, 0.1) is 11.1 Å². The molecule has 3 rings (SSSR count). The fourth-order valence-electron chi connectivity index (χ4n) is 2.57. The minimum atomic E-state index is -1.20. The molecule has 2 aliphatic rings.